The molecule has 20 heavy (non-hydrogen) atoms. The van der Waals surface area contributed by atoms with Gasteiger partial charge in [-0.25, -0.2) is 17.2 Å². The molecular formula is C12H13F2NO4S. The number of aliphatic carboxylic acids is 1. The van der Waals surface area contributed by atoms with Gasteiger partial charge in [0.05, 0.1) is 5.92 Å². The highest BCUT2D eigenvalue weighted by atomic mass is 32.2. The highest BCUT2D eigenvalue weighted by molar-refractivity contribution is 7.89. The van der Waals surface area contributed by atoms with Crippen LogP contribution in [0.5, 0.6) is 0 Å². The second-order valence-electron chi connectivity index (χ2n) is 4.59. The van der Waals surface area contributed by atoms with Crippen LogP contribution in [-0.4, -0.2) is 36.9 Å². The molecule has 0 aromatic heterocycles. The summed E-state index contributed by atoms with van der Waals surface area (Å²) in [4.78, 5) is 10.1. The normalized spacial score (nSPS) is 18.1. The summed E-state index contributed by atoms with van der Waals surface area (Å²) in [6.07, 6.45) is 0.316. The van der Waals surface area contributed by atoms with Gasteiger partial charge in [-0.3, -0.25) is 4.79 Å². The first-order valence-electron chi connectivity index (χ1n) is 6.00. The maximum absolute atomic E-state index is 13.6. The van der Waals surface area contributed by atoms with Crippen molar-refractivity contribution >= 4 is 16.0 Å². The smallest absolute Gasteiger partial charge is 0.306 e. The van der Waals surface area contributed by atoms with Crippen molar-refractivity contribution in [1.29, 1.82) is 0 Å². The predicted octanol–water partition coefficient (Wildman–Crippen LogP) is 1.45. The van der Waals surface area contributed by atoms with Crippen molar-refractivity contribution in [2.75, 3.05) is 13.1 Å². The lowest BCUT2D eigenvalue weighted by Crippen LogP contribution is -2.40. The minimum Gasteiger partial charge on any atom is -0.481 e. The maximum Gasteiger partial charge on any atom is 0.306 e. The lowest BCUT2D eigenvalue weighted by Gasteiger charge is -2.29. The van der Waals surface area contributed by atoms with Gasteiger partial charge in [0, 0.05) is 13.1 Å². The molecule has 0 atom stereocenters. The molecule has 0 radical (unpaired) electrons. The average molecular weight is 305 g/mol. The molecule has 1 aliphatic rings. The van der Waals surface area contributed by atoms with Gasteiger partial charge in [0.25, 0.3) is 0 Å². The fourth-order valence-corrected chi connectivity index (χ4v) is 3.70. The van der Waals surface area contributed by atoms with E-state index < -0.39 is 38.4 Å². The summed E-state index contributed by atoms with van der Waals surface area (Å²) in [5.74, 6) is -3.44. The molecule has 1 saturated heterocycles. The van der Waals surface area contributed by atoms with Crippen LogP contribution in [0.2, 0.25) is 0 Å². The summed E-state index contributed by atoms with van der Waals surface area (Å²) < 4.78 is 52.1. The van der Waals surface area contributed by atoms with E-state index in [-0.39, 0.29) is 25.9 Å². The van der Waals surface area contributed by atoms with Crippen LogP contribution < -0.4 is 0 Å². The predicted molar refractivity (Wildman–Crippen MR) is 65.5 cm³/mol. The molecule has 1 N–H and O–H groups in total. The number of hydrogen-bond donors (Lipinski definition) is 1. The SMILES string of the molecule is O=C(O)C1CCN(S(=O)(=O)c2cc(F)ccc2F)CC1. The second kappa shape index (κ2) is 5.45. The quantitative estimate of drug-likeness (QED) is 0.917. The number of piperidine rings is 1. The molecule has 0 unspecified atom stereocenters. The van der Waals surface area contributed by atoms with Gasteiger partial charge in [-0.05, 0) is 31.0 Å². The Morgan fingerprint density at radius 1 is 1.25 bits per heavy atom. The number of carboxylic acids is 1. The van der Waals surface area contributed by atoms with E-state index in [0.717, 1.165) is 16.4 Å². The summed E-state index contributed by atoms with van der Waals surface area (Å²) in [6.45, 7) is -0.0372. The Morgan fingerprint density at radius 2 is 1.85 bits per heavy atom. The third-order valence-corrected chi connectivity index (χ3v) is 5.23. The van der Waals surface area contributed by atoms with Crippen molar-refractivity contribution in [3.8, 4) is 0 Å². The summed E-state index contributed by atoms with van der Waals surface area (Å²) in [6, 6.07) is 2.23. The van der Waals surface area contributed by atoms with Crippen molar-refractivity contribution in [2.24, 2.45) is 5.92 Å². The topological polar surface area (TPSA) is 74.7 Å². The molecule has 0 amide bonds. The van der Waals surface area contributed by atoms with Crippen molar-refractivity contribution in [2.45, 2.75) is 17.7 Å². The molecule has 0 saturated carbocycles. The maximum atomic E-state index is 13.6. The monoisotopic (exact) mass is 305 g/mol. The minimum absolute atomic E-state index is 0.0186. The number of carbonyl (C=O) groups is 1. The van der Waals surface area contributed by atoms with E-state index in [4.69, 9.17) is 5.11 Å². The van der Waals surface area contributed by atoms with E-state index in [1.165, 1.54) is 0 Å². The zero-order valence-corrected chi connectivity index (χ0v) is 11.2. The number of sulfonamides is 1. The van der Waals surface area contributed by atoms with Gasteiger partial charge in [0.15, 0.2) is 0 Å². The summed E-state index contributed by atoms with van der Waals surface area (Å²) in [7, 11) is -4.14. The Labute approximate surface area is 114 Å². The van der Waals surface area contributed by atoms with E-state index >= 15 is 0 Å². The lowest BCUT2D eigenvalue weighted by molar-refractivity contribution is -0.142. The van der Waals surface area contributed by atoms with Gasteiger partial charge in [-0.1, -0.05) is 0 Å². The van der Waals surface area contributed by atoms with E-state index in [2.05, 4.69) is 0 Å². The molecule has 8 heteroatoms. The molecule has 1 heterocycles. The van der Waals surface area contributed by atoms with Gasteiger partial charge in [-0.2, -0.15) is 4.31 Å². The standard InChI is InChI=1S/C12H13F2NO4S/c13-9-1-2-10(14)11(7-9)20(18,19)15-5-3-8(4-6-15)12(16)17/h1-2,7-8H,3-6H2,(H,16,17). The Hall–Kier alpha value is -1.54. The zero-order chi connectivity index (χ0) is 14.9. The molecule has 1 aromatic carbocycles. The third-order valence-electron chi connectivity index (χ3n) is 3.31. The number of carboxylic acid groups (broad SMARTS) is 1. The van der Waals surface area contributed by atoms with Crippen LogP contribution in [0.1, 0.15) is 12.8 Å². The average Bonchev–Trinajstić information content (AvgIpc) is 2.41. The van der Waals surface area contributed by atoms with Crippen LogP contribution in [0.25, 0.3) is 0 Å². The highest BCUT2D eigenvalue weighted by Crippen LogP contribution is 2.25. The Bertz CT molecular complexity index is 624. The van der Waals surface area contributed by atoms with E-state index in [1.807, 2.05) is 0 Å². The number of nitrogens with zero attached hydrogens (tertiary/aromatic N) is 1. The van der Waals surface area contributed by atoms with Gasteiger partial charge in [0.1, 0.15) is 16.5 Å². The summed E-state index contributed by atoms with van der Waals surface area (Å²) >= 11 is 0. The fraction of sp³-hybridized carbons (Fsp3) is 0.417. The van der Waals surface area contributed by atoms with Crippen LogP contribution in [0, 0.1) is 17.6 Å². The Kier molecular flexibility index (Phi) is 4.05. The van der Waals surface area contributed by atoms with Crippen LogP contribution >= 0.6 is 0 Å². The molecule has 1 aliphatic heterocycles. The van der Waals surface area contributed by atoms with Gasteiger partial charge >= 0.3 is 5.97 Å². The van der Waals surface area contributed by atoms with Crippen molar-refractivity contribution in [3.05, 3.63) is 29.8 Å². The van der Waals surface area contributed by atoms with Crippen molar-refractivity contribution in [3.63, 3.8) is 0 Å². The van der Waals surface area contributed by atoms with Crippen LogP contribution in [0.15, 0.2) is 23.1 Å². The third kappa shape index (κ3) is 2.80. The Balaban J connectivity index is 2.24. The van der Waals surface area contributed by atoms with Crippen LogP contribution in [0.3, 0.4) is 0 Å². The van der Waals surface area contributed by atoms with Crippen LogP contribution in [0.4, 0.5) is 8.78 Å². The van der Waals surface area contributed by atoms with Gasteiger partial charge < -0.3 is 5.11 Å². The number of hydrogen-bond acceptors (Lipinski definition) is 3. The largest absolute Gasteiger partial charge is 0.481 e. The first kappa shape index (κ1) is 14.9. The van der Waals surface area contributed by atoms with Crippen molar-refractivity contribution < 1.29 is 27.1 Å². The highest BCUT2D eigenvalue weighted by Gasteiger charge is 2.33. The molecule has 0 spiro atoms. The van der Waals surface area contributed by atoms with E-state index in [0.29, 0.717) is 6.07 Å². The molecule has 2 rings (SSSR count). The second-order valence-corrected chi connectivity index (χ2v) is 6.50. The number of rotatable bonds is 3. The summed E-state index contributed by atoms with van der Waals surface area (Å²) in [5, 5.41) is 8.85. The molecule has 110 valence electrons. The number of benzene rings is 1. The molecule has 1 aromatic rings. The summed E-state index contributed by atoms with van der Waals surface area (Å²) in [5.41, 5.74) is 0. The molecule has 0 bridgehead atoms. The van der Waals surface area contributed by atoms with E-state index in [9.17, 15) is 22.0 Å². The first-order valence-corrected chi connectivity index (χ1v) is 7.44. The lowest BCUT2D eigenvalue weighted by atomic mass is 9.99. The molecule has 0 aliphatic carbocycles. The van der Waals surface area contributed by atoms with Crippen LogP contribution in [-0.2, 0) is 14.8 Å². The first-order chi connectivity index (χ1) is 9.32. The fourth-order valence-electron chi connectivity index (χ4n) is 2.16. The molecule has 1 fully saturated rings. The van der Waals surface area contributed by atoms with Gasteiger partial charge in [-0.15, -0.1) is 0 Å². The molecule has 5 nitrogen and oxygen atoms in total. The molecular weight excluding hydrogens is 292 g/mol. The van der Waals surface area contributed by atoms with Crippen molar-refractivity contribution in [1.82, 2.24) is 4.31 Å². The number of halogens is 2. The van der Waals surface area contributed by atoms with Gasteiger partial charge in [0.2, 0.25) is 10.0 Å². The zero-order valence-electron chi connectivity index (χ0n) is 10.4. The minimum atomic E-state index is -4.14. The van der Waals surface area contributed by atoms with E-state index in [1.54, 1.807) is 0 Å². The Morgan fingerprint density at radius 3 is 2.40 bits per heavy atom.